The molecule has 0 radical (unpaired) electrons. The van der Waals surface area contributed by atoms with E-state index in [0.717, 1.165) is 6.54 Å². The van der Waals surface area contributed by atoms with Crippen molar-refractivity contribution in [3.8, 4) is 0 Å². The molecule has 1 aromatic rings. The monoisotopic (exact) mass is 265 g/mol. The summed E-state index contributed by atoms with van der Waals surface area (Å²) in [7, 11) is 1.70. The normalized spacial score (nSPS) is 14.6. The van der Waals surface area contributed by atoms with Gasteiger partial charge in [-0.3, -0.25) is 0 Å². The first-order valence-corrected chi connectivity index (χ1v) is 6.98. The van der Waals surface area contributed by atoms with Crippen molar-refractivity contribution in [1.29, 1.82) is 0 Å². The molecule has 0 saturated heterocycles. The first-order chi connectivity index (χ1) is 9.04. The Bertz CT molecular complexity index is 366. The molecule has 19 heavy (non-hydrogen) atoms. The summed E-state index contributed by atoms with van der Waals surface area (Å²) in [6.07, 6.45) is 0.150. The predicted molar refractivity (Wildman–Crippen MR) is 79.5 cm³/mol. The topological polar surface area (TPSA) is 30.5 Å². The van der Waals surface area contributed by atoms with Gasteiger partial charge in [-0.1, -0.05) is 38.1 Å². The van der Waals surface area contributed by atoms with Crippen LogP contribution in [0, 0.1) is 6.92 Å². The van der Waals surface area contributed by atoms with Gasteiger partial charge in [-0.2, -0.15) is 0 Å². The molecule has 3 heteroatoms. The van der Waals surface area contributed by atoms with E-state index in [-0.39, 0.29) is 12.2 Å². The van der Waals surface area contributed by atoms with Crippen LogP contribution in [-0.2, 0) is 9.47 Å². The summed E-state index contributed by atoms with van der Waals surface area (Å²) >= 11 is 0. The van der Waals surface area contributed by atoms with Crippen molar-refractivity contribution >= 4 is 0 Å². The van der Waals surface area contributed by atoms with E-state index in [1.165, 1.54) is 11.1 Å². The lowest BCUT2D eigenvalue weighted by Gasteiger charge is -2.25. The van der Waals surface area contributed by atoms with Crippen molar-refractivity contribution in [2.45, 2.75) is 45.9 Å². The second-order valence-electron chi connectivity index (χ2n) is 5.31. The fourth-order valence-electron chi connectivity index (χ4n) is 2.08. The minimum absolute atomic E-state index is 0.0637. The van der Waals surface area contributed by atoms with Gasteiger partial charge in [0.2, 0.25) is 0 Å². The van der Waals surface area contributed by atoms with Gasteiger partial charge in [0.05, 0.1) is 18.8 Å². The molecule has 0 aliphatic rings. The first-order valence-electron chi connectivity index (χ1n) is 6.98. The maximum absolute atomic E-state index is 6.12. The van der Waals surface area contributed by atoms with Crippen LogP contribution in [0.15, 0.2) is 24.3 Å². The molecule has 0 amide bonds. The summed E-state index contributed by atoms with van der Waals surface area (Å²) in [5.41, 5.74) is 2.52. The van der Waals surface area contributed by atoms with Gasteiger partial charge < -0.3 is 14.8 Å². The molecule has 1 rings (SSSR count). The number of benzene rings is 1. The van der Waals surface area contributed by atoms with Crippen molar-refractivity contribution < 1.29 is 9.47 Å². The van der Waals surface area contributed by atoms with E-state index in [9.17, 15) is 0 Å². The van der Waals surface area contributed by atoms with Gasteiger partial charge in [-0.15, -0.1) is 0 Å². The maximum Gasteiger partial charge on any atom is 0.0956 e. The highest BCUT2D eigenvalue weighted by molar-refractivity contribution is 5.28. The smallest absolute Gasteiger partial charge is 0.0956 e. The van der Waals surface area contributed by atoms with Crippen LogP contribution in [0.4, 0.5) is 0 Å². The Balaban J connectivity index is 2.76. The van der Waals surface area contributed by atoms with E-state index < -0.39 is 0 Å². The summed E-state index contributed by atoms with van der Waals surface area (Å²) < 4.78 is 11.3. The zero-order valence-electron chi connectivity index (χ0n) is 12.8. The molecule has 1 aromatic carbocycles. The number of ether oxygens (including phenoxy) is 2. The molecule has 0 aromatic heterocycles. The number of hydrogen-bond acceptors (Lipinski definition) is 3. The number of aryl methyl sites for hydroxylation is 1. The molecule has 2 atom stereocenters. The molecule has 0 aliphatic heterocycles. The van der Waals surface area contributed by atoms with Gasteiger partial charge in [-0.05, 0) is 25.0 Å². The average molecular weight is 265 g/mol. The van der Waals surface area contributed by atoms with Crippen LogP contribution in [0.3, 0.4) is 0 Å². The quantitative estimate of drug-likeness (QED) is 0.783. The maximum atomic E-state index is 6.12. The Labute approximate surface area is 117 Å². The molecular weight excluding hydrogens is 238 g/mol. The van der Waals surface area contributed by atoms with Crippen molar-refractivity contribution in [2.24, 2.45) is 0 Å². The molecule has 1 N–H and O–H groups in total. The lowest BCUT2D eigenvalue weighted by Crippen LogP contribution is -2.31. The minimum Gasteiger partial charge on any atom is -0.382 e. The molecule has 108 valence electrons. The number of rotatable bonds is 8. The lowest BCUT2D eigenvalue weighted by atomic mass is 10.0. The second-order valence-corrected chi connectivity index (χ2v) is 5.31. The molecule has 2 unspecified atom stereocenters. The second kappa shape index (κ2) is 8.31. The summed E-state index contributed by atoms with van der Waals surface area (Å²) in [6, 6.07) is 8.84. The zero-order valence-corrected chi connectivity index (χ0v) is 12.8. The van der Waals surface area contributed by atoms with E-state index in [4.69, 9.17) is 9.47 Å². The van der Waals surface area contributed by atoms with Crippen LogP contribution in [0.1, 0.15) is 38.0 Å². The van der Waals surface area contributed by atoms with Crippen molar-refractivity contribution in [3.05, 3.63) is 35.4 Å². The summed E-state index contributed by atoms with van der Waals surface area (Å²) in [5, 5.41) is 3.45. The van der Waals surface area contributed by atoms with Gasteiger partial charge in [0.1, 0.15) is 0 Å². The van der Waals surface area contributed by atoms with Crippen molar-refractivity contribution in [3.63, 3.8) is 0 Å². The van der Waals surface area contributed by atoms with Crippen LogP contribution in [0.2, 0.25) is 0 Å². The predicted octanol–water partition coefficient (Wildman–Crippen LogP) is 3.09. The number of nitrogens with one attached hydrogen (secondary N) is 1. The van der Waals surface area contributed by atoms with Crippen LogP contribution < -0.4 is 5.32 Å². The molecule has 0 saturated carbocycles. The summed E-state index contributed by atoms with van der Waals surface area (Å²) in [6.45, 7) is 9.90. The molecule has 0 aliphatic carbocycles. The van der Waals surface area contributed by atoms with Gasteiger partial charge in [-0.25, -0.2) is 0 Å². The van der Waals surface area contributed by atoms with Crippen LogP contribution >= 0.6 is 0 Å². The Hall–Kier alpha value is -0.900. The molecular formula is C16H27NO2. The summed E-state index contributed by atoms with van der Waals surface area (Å²) in [5.74, 6) is 0. The van der Waals surface area contributed by atoms with E-state index in [2.05, 4.69) is 50.4 Å². The van der Waals surface area contributed by atoms with E-state index in [1.807, 2.05) is 6.92 Å². The van der Waals surface area contributed by atoms with Gasteiger partial charge in [0.25, 0.3) is 0 Å². The highest BCUT2D eigenvalue weighted by Gasteiger charge is 2.17. The molecule has 3 nitrogen and oxygen atoms in total. The SMILES string of the molecule is COCC(C)OC(CNC(C)C)c1ccccc1C. The minimum atomic E-state index is 0.0637. The van der Waals surface area contributed by atoms with E-state index in [1.54, 1.807) is 7.11 Å². The Morgan fingerprint density at radius 3 is 2.42 bits per heavy atom. The van der Waals surface area contributed by atoms with E-state index in [0.29, 0.717) is 12.6 Å². The Kier molecular flexibility index (Phi) is 7.06. The lowest BCUT2D eigenvalue weighted by molar-refractivity contribution is -0.0401. The fraction of sp³-hybridized carbons (Fsp3) is 0.625. The Morgan fingerprint density at radius 2 is 1.84 bits per heavy atom. The number of methoxy groups -OCH3 is 1. The van der Waals surface area contributed by atoms with Crippen molar-refractivity contribution in [1.82, 2.24) is 5.32 Å². The van der Waals surface area contributed by atoms with Crippen molar-refractivity contribution in [2.75, 3.05) is 20.3 Å². The van der Waals surface area contributed by atoms with Gasteiger partial charge in [0, 0.05) is 19.7 Å². The third-order valence-electron chi connectivity index (χ3n) is 3.04. The van der Waals surface area contributed by atoms with E-state index >= 15 is 0 Å². The highest BCUT2D eigenvalue weighted by Crippen LogP contribution is 2.22. The fourth-order valence-corrected chi connectivity index (χ4v) is 2.08. The standard InChI is InChI=1S/C16H27NO2/c1-12(2)17-10-16(19-14(4)11-18-5)15-9-7-6-8-13(15)3/h6-9,12,14,16-17H,10-11H2,1-5H3. The summed E-state index contributed by atoms with van der Waals surface area (Å²) in [4.78, 5) is 0. The Morgan fingerprint density at radius 1 is 1.16 bits per heavy atom. The van der Waals surface area contributed by atoms with Crippen LogP contribution in [0.25, 0.3) is 0 Å². The zero-order chi connectivity index (χ0) is 14.3. The molecule has 0 bridgehead atoms. The van der Waals surface area contributed by atoms with Crippen LogP contribution in [-0.4, -0.2) is 32.4 Å². The van der Waals surface area contributed by atoms with Gasteiger partial charge in [0.15, 0.2) is 0 Å². The number of hydrogen-bond donors (Lipinski definition) is 1. The molecule has 0 fully saturated rings. The highest BCUT2D eigenvalue weighted by atomic mass is 16.5. The third-order valence-corrected chi connectivity index (χ3v) is 3.04. The molecule has 0 heterocycles. The third kappa shape index (κ3) is 5.72. The largest absolute Gasteiger partial charge is 0.382 e. The average Bonchev–Trinajstić information content (AvgIpc) is 2.35. The first kappa shape index (κ1) is 16.2. The van der Waals surface area contributed by atoms with Gasteiger partial charge >= 0.3 is 0 Å². The van der Waals surface area contributed by atoms with Crippen LogP contribution in [0.5, 0.6) is 0 Å². The molecule has 0 spiro atoms.